The van der Waals surface area contributed by atoms with E-state index in [1.54, 1.807) is 11.3 Å². The van der Waals surface area contributed by atoms with Crippen molar-refractivity contribution in [1.29, 1.82) is 0 Å². The summed E-state index contributed by atoms with van der Waals surface area (Å²) >= 11 is 1.76. The van der Waals surface area contributed by atoms with Crippen LogP contribution in [0.4, 0.5) is 0 Å². The second-order valence-corrected chi connectivity index (χ2v) is 5.44. The molecule has 2 aromatic rings. The van der Waals surface area contributed by atoms with Gasteiger partial charge in [-0.25, -0.2) is 4.68 Å². The Morgan fingerprint density at radius 3 is 3.12 bits per heavy atom. The number of nitrogens with one attached hydrogen (secondary N) is 1. The van der Waals surface area contributed by atoms with Gasteiger partial charge in [0.25, 0.3) is 0 Å². The number of hydrogen-bond acceptors (Lipinski definition) is 5. The fourth-order valence-corrected chi connectivity index (χ4v) is 2.59. The standard InChI is InChI=1S/C11H15N5S/c1-8-4-5-17-10(8)7-16-11(13-14-15-16)6-12-9-2-3-9/h4-5,9,12H,2-3,6-7H2,1H3. The molecule has 2 aromatic heterocycles. The number of tetrazole rings is 1. The predicted octanol–water partition coefficient (Wildman–Crippen LogP) is 1.34. The average Bonchev–Trinajstić information content (AvgIpc) is 2.92. The van der Waals surface area contributed by atoms with Crippen LogP contribution in [0.25, 0.3) is 0 Å². The normalized spacial score (nSPS) is 15.4. The van der Waals surface area contributed by atoms with Crippen molar-refractivity contribution >= 4 is 11.3 Å². The van der Waals surface area contributed by atoms with Gasteiger partial charge in [0.15, 0.2) is 5.82 Å². The van der Waals surface area contributed by atoms with Crippen molar-refractivity contribution in [2.45, 2.75) is 38.9 Å². The Bertz CT molecular complexity index is 499. The van der Waals surface area contributed by atoms with E-state index in [1.807, 2.05) is 4.68 Å². The Kier molecular flexibility index (Phi) is 2.90. The van der Waals surface area contributed by atoms with Crippen molar-refractivity contribution in [2.75, 3.05) is 0 Å². The molecule has 0 atom stereocenters. The fourth-order valence-electron chi connectivity index (χ4n) is 1.70. The SMILES string of the molecule is Cc1ccsc1Cn1nnnc1CNC1CC1. The van der Waals surface area contributed by atoms with E-state index in [-0.39, 0.29) is 0 Å². The highest BCUT2D eigenvalue weighted by molar-refractivity contribution is 7.10. The van der Waals surface area contributed by atoms with Gasteiger partial charge in [-0.2, -0.15) is 0 Å². The summed E-state index contributed by atoms with van der Waals surface area (Å²) in [5.74, 6) is 0.921. The molecule has 0 bridgehead atoms. The van der Waals surface area contributed by atoms with Gasteiger partial charge in [0.2, 0.25) is 0 Å². The maximum absolute atomic E-state index is 4.07. The quantitative estimate of drug-likeness (QED) is 0.869. The second-order valence-electron chi connectivity index (χ2n) is 4.43. The first-order valence-electron chi connectivity index (χ1n) is 5.84. The third-order valence-electron chi connectivity index (χ3n) is 2.99. The van der Waals surface area contributed by atoms with Crippen molar-refractivity contribution in [3.8, 4) is 0 Å². The van der Waals surface area contributed by atoms with Crippen LogP contribution in [0.2, 0.25) is 0 Å². The minimum atomic E-state index is 0.684. The van der Waals surface area contributed by atoms with E-state index >= 15 is 0 Å². The predicted molar refractivity (Wildman–Crippen MR) is 65.8 cm³/mol. The molecule has 0 radical (unpaired) electrons. The first-order valence-corrected chi connectivity index (χ1v) is 6.72. The molecule has 0 aliphatic heterocycles. The smallest absolute Gasteiger partial charge is 0.165 e. The summed E-state index contributed by atoms with van der Waals surface area (Å²) in [6.45, 7) is 3.67. The first kappa shape index (κ1) is 10.9. The molecule has 1 fully saturated rings. The molecular weight excluding hydrogens is 234 g/mol. The second kappa shape index (κ2) is 4.54. The Morgan fingerprint density at radius 2 is 2.41 bits per heavy atom. The minimum absolute atomic E-state index is 0.684. The molecule has 2 heterocycles. The Hall–Kier alpha value is -1.27. The van der Waals surface area contributed by atoms with Crippen molar-refractivity contribution in [3.05, 3.63) is 27.7 Å². The molecule has 17 heavy (non-hydrogen) atoms. The van der Waals surface area contributed by atoms with Gasteiger partial charge in [-0.05, 0) is 47.2 Å². The molecule has 0 unspecified atom stereocenters. The van der Waals surface area contributed by atoms with Gasteiger partial charge < -0.3 is 5.32 Å². The topological polar surface area (TPSA) is 55.6 Å². The highest BCUT2D eigenvalue weighted by Gasteiger charge is 2.21. The van der Waals surface area contributed by atoms with E-state index in [0.717, 1.165) is 18.9 Å². The van der Waals surface area contributed by atoms with Crippen molar-refractivity contribution < 1.29 is 0 Å². The first-order chi connectivity index (χ1) is 8.33. The maximum Gasteiger partial charge on any atom is 0.165 e. The molecule has 0 amide bonds. The molecule has 3 rings (SSSR count). The van der Waals surface area contributed by atoms with Gasteiger partial charge in [-0.3, -0.25) is 0 Å². The lowest BCUT2D eigenvalue weighted by molar-refractivity contribution is 0.580. The van der Waals surface area contributed by atoms with Crippen molar-refractivity contribution in [1.82, 2.24) is 25.5 Å². The van der Waals surface area contributed by atoms with Crippen LogP contribution in [0, 0.1) is 6.92 Å². The lowest BCUT2D eigenvalue weighted by atomic mass is 10.3. The largest absolute Gasteiger partial charge is 0.307 e. The molecule has 1 aliphatic rings. The van der Waals surface area contributed by atoms with Crippen molar-refractivity contribution in [2.24, 2.45) is 0 Å². The van der Waals surface area contributed by atoms with Gasteiger partial charge in [0.05, 0.1) is 13.1 Å². The van der Waals surface area contributed by atoms with Crippen LogP contribution in [-0.2, 0) is 13.1 Å². The van der Waals surface area contributed by atoms with Gasteiger partial charge >= 0.3 is 0 Å². The number of nitrogens with zero attached hydrogens (tertiary/aromatic N) is 4. The summed E-state index contributed by atoms with van der Waals surface area (Å²) < 4.78 is 1.88. The zero-order chi connectivity index (χ0) is 11.7. The number of aryl methyl sites for hydroxylation is 1. The van der Waals surface area contributed by atoms with E-state index in [0.29, 0.717) is 6.04 Å². The molecular formula is C11H15N5S. The number of aromatic nitrogens is 4. The fraction of sp³-hybridized carbons (Fsp3) is 0.545. The lowest BCUT2D eigenvalue weighted by Crippen LogP contribution is -2.19. The molecule has 0 aromatic carbocycles. The third kappa shape index (κ3) is 2.53. The van der Waals surface area contributed by atoms with Crippen LogP contribution < -0.4 is 5.32 Å². The molecule has 1 saturated carbocycles. The summed E-state index contributed by atoms with van der Waals surface area (Å²) in [5, 5.41) is 17.4. The highest BCUT2D eigenvalue weighted by Crippen LogP contribution is 2.19. The minimum Gasteiger partial charge on any atom is -0.307 e. The van der Waals surface area contributed by atoms with Crippen LogP contribution >= 0.6 is 11.3 Å². The zero-order valence-electron chi connectivity index (χ0n) is 9.76. The van der Waals surface area contributed by atoms with Crippen LogP contribution in [0.1, 0.15) is 29.1 Å². The molecule has 5 nitrogen and oxygen atoms in total. The summed E-state index contributed by atoms with van der Waals surface area (Å²) in [5.41, 5.74) is 1.31. The number of thiophene rings is 1. The summed E-state index contributed by atoms with van der Waals surface area (Å²) in [4.78, 5) is 1.32. The molecule has 1 N–H and O–H groups in total. The van der Waals surface area contributed by atoms with Crippen LogP contribution in [-0.4, -0.2) is 26.2 Å². The van der Waals surface area contributed by atoms with E-state index in [1.165, 1.54) is 23.3 Å². The Labute approximate surface area is 104 Å². The lowest BCUT2D eigenvalue weighted by Gasteiger charge is -2.04. The number of hydrogen-bond donors (Lipinski definition) is 1. The highest BCUT2D eigenvalue weighted by atomic mass is 32.1. The third-order valence-corrected chi connectivity index (χ3v) is 4.00. The summed E-state index contributed by atoms with van der Waals surface area (Å²) in [7, 11) is 0. The Morgan fingerprint density at radius 1 is 1.53 bits per heavy atom. The van der Waals surface area contributed by atoms with E-state index in [9.17, 15) is 0 Å². The molecule has 0 saturated heterocycles. The zero-order valence-corrected chi connectivity index (χ0v) is 10.6. The summed E-state index contributed by atoms with van der Waals surface area (Å²) in [6.07, 6.45) is 2.57. The molecule has 6 heteroatoms. The van der Waals surface area contributed by atoms with Crippen LogP contribution in [0.15, 0.2) is 11.4 Å². The van der Waals surface area contributed by atoms with Crippen LogP contribution in [0.5, 0.6) is 0 Å². The van der Waals surface area contributed by atoms with Gasteiger partial charge in [-0.15, -0.1) is 16.4 Å². The molecule has 0 spiro atoms. The summed E-state index contributed by atoms with van der Waals surface area (Å²) in [6, 6.07) is 2.82. The molecule has 1 aliphatic carbocycles. The van der Waals surface area contributed by atoms with Gasteiger partial charge in [-0.1, -0.05) is 0 Å². The maximum atomic E-state index is 4.07. The van der Waals surface area contributed by atoms with E-state index in [4.69, 9.17) is 0 Å². The van der Waals surface area contributed by atoms with Gasteiger partial charge in [0.1, 0.15) is 0 Å². The molecule has 90 valence electrons. The van der Waals surface area contributed by atoms with E-state index < -0.39 is 0 Å². The number of rotatable bonds is 5. The Balaban J connectivity index is 1.69. The monoisotopic (exact) mass is 249 g/mol. The van der Waals surface area contributed by atoms with Crippen molar-refractivity contribution in [3.63, 3.8) is 0 Å². The van der Waals surface area contributed by atoms with Gasteiger partial charge in [0, 0.05) is 10.9 Å². The average molecular weight is 249 g/mol. The van der Waals surface area contributed by atoms with Crippen LogP contribution in [0.3, 0.4) is 0 Å². The van der Waals surface area contributed by atoms with E-state index in [2.05, 4.69) is 39.2 Å².